The Bertz CT molecular complexity index is 1150. The predicted octanol–water partition coefficient (Wildman–Crippen LogP) is 5.42. The van der Waals surface area contributed by atoms with E-state index in [4.69, 9.17) is 11.6 Å². The van der Waals surface area contributed by atoms with Crippen molar-refractivity contribution < 1.29 is 9.59 Å². The van der Waals surface area contributed by atoms with E-state index in [2.05, 4.69) is 63.3 Å². The minimum absolute atomic E-state index is 0.114. The number of amides is 2. The number of carbonyl (C=O) groups excluding carboxylic acids is 2. The van der Waals surface area contributed by atoms with E-state index in [0.29, 0.717) is 27.5 Å². The van der Waals surface area contributed by atoms with Crippen LogP contribution in [0.25, 0.3) is 0 Å². The summed E-state index contributed by atoms with van der Waals surface area (Å²) in [4.78, 5) is 25.0. The predicted molar refractivity (Wildman–Crippen MR) is 141 cm³/mol. The molecule has 3 rings (SSSR count). The maximum Gasteiger partial charge on any atom is 0.251 e. The third-order valence-electron chi connectivity index (χ3n) is 4.95. The van der Waals surface area contributed by atoms with Gasteiger partial charge in [-0.15, -0.1) is 10.2 Å². The molecular weight excluding hydrogens is 573 g/mol. The number of rotatable bonds is 8. The molecule has 2 aromatic carbocycles. The van der Waals surface area contributed by atoms with Crippen LogP contribution in [0.15, 0.2) is 47.6 Å². The van der Waals surface area contributed by atoms with Crippen LogP contribution in [0.2, 0.25) is 5.02 Å². The molecule has 0 saturated heterocycles. The van der Waals surface area contributed by atoms with Gasteiger partial charge in [0.15, 0.2) is 11.0 Å². The molecule has 3 aromatic rings. The number of nitrogens with one attached hydrogen (secondary N) is 2. The lowest BCUT2D eigenvalue weighted by Gasteiger charge is -2.15. The van der Waals surface area contributed by atoms with Gasteiger partial charge in [0.2, 0.25) is 5.91 Å². The molecule has 10 heteroatoms. The Labute approximate surface area is 216 Å². The van der Waals surface area contributed by atoms with E-state index in [1.807, 2.05) is 26.1 Å². The first-order valence-electron chi connectivity index (χ1n) is 10.3. The molecule has 7 nitrogen and oxygen atoms in total. The molecule has 174 valence electrons. The number of hydrogen-bond acceptors (Lipinski definition) is 5. The second kappa shape index (κ2) is 11.3. The van der Waals surface area contributed by atoms with Crippen molar-refractivity contribution in [3.8, 4) is 0 Å². The maximum absolute atomic E-state index is 12.6. The number of benzene rings is 2. The summed E-state index contributed by atoms with van der Waals surface area (Å²) in [5.74, 6) is 0.751. The van der Waals surface area contributed by atoms with E-state index in [1.165, 1.54) is 11.8 Å². The highest BCUT2D eigenvalue weighted by atomic mass is 127. The van der Waals surface area contributed by atoms with Crippen LogP contribution < -0.4 is 10.6 Å². The number of thioether (sulfide) groups is 1. The van der Waals surface area contributed by atoms with Gasteiger partial charge in [-0.3, -0.25) is 9.59 Å². The highest BCUT2D eigenvalue weighted by molar-refractivity contribution is 14.1. The fourth-order valence-electron chi connectivity index (χ4n) is 3.22. The van der Waals surface area contributed by atoms with Crippen molar-refractivity contribution in [1.29, 1.82) is 0 Å². The van der Waals surface area contributed by atoms with Crippen molar-refractivity contribution in [2.75, 3.05) is 11.1 Å². The third kappa shape index (κ3) is 6.70. The summed E-state index contributed by atoms with van der Waals surface area (Å²) in [6.45, 7) is 6.04. The van der Waals surface area contributed by atoms with Gasteiger partial charge in [0.25, 0.3) is 5.91 Å². The van der Waals surface area contributed by atoms with E-state index >= 15 is 0 Å². The molecular formula is C23H25ClIN5O2S. The molecule has 0 unspecified atom stereocenters. The fraction of sp³-hybridized carbons (Fsp3) is 0.304. The molecule has 2 amide bonds. The Morgan fingerprint density at radius 3 is 2.48 bits per heavy atom. The van der Waals surface area contributed by atoms with Crippen molar-refractivity contribution in [1.82, 2.24) is 20.1 Å². The summed E-state index contributed by atoms with van der Waals surface area (Å²) in [5.41, 5.74) is 2.44. The molecule has 0 bridgehead atoms. The molecule has 0 saturated carbocycles. The zero-order valence-corrected chi connectivity index (χ0v) is 22.5. The van der Waals surface area contributed by atoms with Gasteiger partial charge >= 0.3 is 0 Å². The summed E-state index contributed by atoms with van der Waals surface area (Å²) in [6, 6.07) is 12.3. The minimum Gasteiger partial charge on any atom is -0.342 e. The SMILES string of the molecule is CC(C)c1cc(I)ccc1NC(=O)CSc1nnc([C@H](C)NC(=O)c2ccc(Cl)cc2)n1C. The molecule has 1 atom stereocenters. The Balaban J connectivity index is 1.60. The van der Waals surface area contributed by atoms with Gasteiger partial charge in [-0.05, 0) is 83.5 Å². The molecule has 2 N–H and O–H groups in total. The van der Waals surface area contributed by atoms with Crippen molar-refractivity contribution >= 4 is 63.5 Å². The molecule has 0 aliphatic rings. The summed E-state index contributed by atoms with van der Waals surface area (Å²) in [5, 5.41) is 15.5. The van der Waals surface area contributed by atoms with Crippen LogP contribution in [0, 0.1) is 3.57 Å². The Hall–Kier alpha value is -2.11. The molecule has 1 heterocycles. The second-order valence-corrected chi connectivity index (χ2v) is 10.4. The van der Waals surface area contributed by atoms with Crippen LogP contribution in [0.1, 0.15) is 54.5 Å². The lowest BCUT2D eigenvalue weighted by molar-refractivity contribution is -0.113. The van der Waals surface area contributed by atoms with Crippen LogP contribution >= 0.6 is 46.0 Å². The number of anilines is 1. The molecule has 0 radical (unpaired) electrons. The molecule has 33 heavy (non-hydrogen) atoms. The molecule has 0 aliphatic carbocycles. The van der Waals surface area contributed by atoms with E-state index in [1.54, 1.807) is 28.8 Å². The van der Waals surface area contributed by atoms with Gasteiger partial charge in [-0.2, -0.15) is 0 Å². The van der Waals surface area contributed by atoms with Crippen molar-refractivity contribution in [2.24, 2.45) is 7.05 Å². The molecule has 0 spiro atoms. The van der Waals surface area contributed by atoms with E-state index in [9.17, 15) is 9.59 Å². The summed E-state index contributed by atoms with van der Waals surface area (Å²) < 4.78 is 2.92. The Morgan fingerprint density at radius 2 is 1.82 bits per heavy atom. The van der Waals surface area contributed by atoms with Crippen LogP contribution in [0.5, 0.6) is 0 Å². The lowest BCUT2D eigenvalue weighted by atomic mass is 10.0. The average Bonchev–Trinajstić information content (AvgIpc) is 3.14. The average molecular weight is 598 g/mol. The Kier molecular flexibility index (Phi) is 8.77. The van der Waals surface area contributed by atoms with Gasteiger partial charge < -0.3 is 15.2 Å². The van der Waals surface area contributed by atoms with E-state index < -0.39 is 0 Å². The Morgan fingerprint density at radius 1 is 1.12 bits per heavy atom. The fourth-order valence-corrected chi connectivity index (χ4v) is 4.58. The third-order valence-corrected chi connectivity index (χ3v) is 6.90. The van der Waals surface area contributed by atoms with Crippen molar-refractivity contribution in [2.45, 2.75) is 37.9 Å². The highest BCUT2D eigenvalue weighted by Crippen LogP contribution is 2.27. The van der Waals surface area contributed by atoms with Crippen molar-refractivity contribution in [3.63, 3.8) is 0 Å². The molecule has 1 aromatic heterocycles. The lowest BCUT2D eigenvalue weighted by Crippen LogP contribution is -2.28. The largest absolute Gasteiger partial charge is 0.342 e. The van der Waals surface area contributed by atoms with E-state index in [0.717, 1.165) is 14.8 Å². The zero-order valence-electron chi connectivity index (χ0n) is 18.7. The number of carbonyl (C=O) groups is 2. The maximum atomic E-state index is 12.6. The number of aromatic nitrogens is 3. The second-order valence-electron chi connectivity index (χ2n) is 7.82. The first kappa shape index (κ1) is 25.5. The highest BCUT2D eigenvalue weighted by Gasteiger charge is 2.19. The minimum atomic E-state index is -0.366. The number of hydrogen-bond donors (Lipinski definition) is 2. The summed E-state index contributed by atoms with van der Waals surface area (Å²) in [6.07, 6.45) is 0. The summed E-state index contributed by atoms with van der Waals surface area (Å²) >= 11 is 9.45. The zero-order chi connectivity index (χ0) is 24.1. The first-order chi connectivity index (χ1) is 15.7. The number of nitrogens with zero attached hydrogens (tertiary/aromatic N) is 3. The standard InChI is InChI=1S/C23H25ClIN5O2S/c1-13(2)18-11-17(25)9-10-19(18)27-20(31)12-33-23-29-28-21(30(23)4)14(3)26-22(32)15-5-7-16(24)8-6-15/h5-11,13-14H,12H2,1-4H3,(H,26,32)(H,27,31)/t14-/m0/s1. The summed E-state index contributed by atoms with van der Waals surface area (Å²) in [7, 11) is 1.82. The molecule has 0 fully saturated rings. The van der Waals surface area contributed by atoms with Crippen molar-refractivity contribution in [3.05, 3.63) is 68.0 Å². The quantitative estimate of drug-likeness (QED) is 0.268. The monoisotopic (exact) mass is 597 g/mol. The normalized spacial score (nSPS) is 12.0. The van der Waals surface area contributed by atoms with E-state index in [-0.39, 0.29) is 23.6 Å². The van der Waals surface area contributed by atoms with Crippen LogP contribution in [-0.4, -0.2) is 32.3 Å². The molecule has 0 aliphatic heterocycles. The smallest absolute Gasteiger partial charge is 0.251 e. The van der Waals surface area contributed by atoms with Gasteiger partial charge in [0.05, 0.1) is 11.8 Å². The van der Waals surface area contributed by atoms with Crippen LogP contribution in [0.4, 0.5) is 5.69 Å². The van der Waals surface area contributed by atoms with Crippen LogP contribution in [-0.2, 0) is 11.8 Å². The van der Waals surface area contributed by atoms with Gasteiger partial charge in [0.1, 0.15) is 0 Å². The van der Waals surface area contributed by atoms with Gasteiger partial charge in [0, 0.05) is 26.9 Å². The van der Waals surface area contributed by atoms with Gasteiger partial charge in [-0.25, -0.2) is 0 Å². The first-order valence-corrected chi connectivity index (χ1v) is 12.8. The van der Waals surface area contributed by atoms with Crippen LogP contribution in [0.3, 0.4) is 0 Å². The van der Waals surface area contributed by atoms with Gasteiger partial charge in [-0.1, -0.05) is 37.2 Å². The topological polar surface area (TPSA) is 88.9 Å². The number of halogens is 2.